The first-order valence-corrected chi connectivity index (χ1v) is 13.1. The van der Waals surface area contributed by atoms with Gasteiger partial charge in [0.2, 0.25) is 0 Å². The Hall–Kier alpha value is -1.78. The number of carboxylic acids is 1. The summed E-state index contributed by atoms with van der Waals surface area (Å²) in [5.41, 5.74) is 2.65. The summed E-state index contributed by atoms with van der Waals surface area (Å²) >= 11 is 2.01. The first-order valence-electron chi connectivity index (χ1n) is 11.9. The van der Waals surface area contributed by atoms with Crippen LogP contribution in [0.2, 0.25) is 0 Å². The predicted molar refractivity (Wildman–Crippen MR) is 137 cm³/mol. The highest BCUT2D eigenvalue weighted by molar-refractivity contribution is 7.99. The van der Waals surface area contributed by atoms with E-state index in [4.69, 9.17) is 0 Å². The monoisotopic (exact) mass is 456 g/mol. The molecule has 0 saturated heterocycles. The van der Waals surface area contributed by atoms with E-state index >= 15 is 0 Å². The van der Waals surface area contributed by atoms with Crippen LogP contribution in [0.25, 0.3) is 0 Å². The molecule has 0 aromatic heterocycles. The number of rotatable bonds is 16. The van der Waals surface area contributed by atoms with Gasteiger partial charge in [0.05, 0.1) is 0 Å². The van der Waals surface area contributed by atoms with Gasteiger partial charge in [0, 0.05) is 13.0 Å². The van der Waals surface area contributed by atoms with E-state index in [0.717, 1.165) is 50.0 Å². The van der Waals surface area contributed by atoms with Gasteiger partial charge in [-0.25, -0.2) is 0 Å². The lowest BCUT2D eigenvalue weighted by Crippen LogP contribution is -2.23. The lowest BCUT2D eigenvalue weighted by Gasteiger charge is -2.31. The van der Waals surface area contributed by atoms with Crippen LogP contribution in [0.15, 0.2) is 60.7 Å². The Kier molecular flexibility index (Phi) is 11.3. The van der Waals surface area contributed by atoms with Crippen molar-refractivity contribution in [3.05, 3.63) is 71.8 Å². The molecule has 0 amide bonds. The van der Waals surface area contributed by atoms with Crippen LogP contribution in [0.5, 0.6) is 0 Å². The third-order valence-electron chi connectivity index (χ3n) is 6.75. The molecule has 2 unspecified atom stereocenters. The highest BCUT2D eigenvalue weighted by atomic mass is 32.2. The first kappa shape index (κ1) is 26.5. The molecule has 0 aliphatic rings. The SMILES string of the molecule is CC(CCCO)(CCCSCCCC(C)(CCC(=O)O)c1ccccc1)c1ccccc1. The number of aliphatic hydroxyl groups excluding tert-OH is 1. The second kappa shape index (κ2) is 13.7. The van der Waals surface area contributed by atoms with Gasteiger partial charge in [-0.05, 0) is 78.4 Å². The Morgan fingerprint density at radius 3 is 1.62 bits per heavy atom. The minimum absolute atomic E-state index is 0.0869. The van der Waals surface area contributed by atoms with Crippen LogP contribution in [0.4, 0.5) is 0 Å². The highest BCUT2D eigenvalue weighted by Crippen LogP contribution is 2.36. The molecule has 2 N–H and O–H groups in total. The predicted octanol–water partition coefficient (Wildman–Crippen LogP) is 6.83. The van der Waals surface area contributed by atoms with Crippen molar-refractivity contribution in [3.8, 4) is 0 Å². The quantitative estimate of drug-likeness (QED) is 0.272. The molecule has 0 radical (unpaired) electrons. The number of hydrogen-bond donors (Lipinski definition) is 2. The number of aliphatic carboxylic acids is 1. The standard InChI is InChI=1S/C28H40O3S/c1-27(17-9-21-29,24-12-5-3-6-13-24)18-10-22-32-23-11-19-28(2,20-16-26(30)31)25-14-7-4-8-15-25/h3-8,12-15,29H,9-11,16-23H2,1-2H3,(H,30,31). The first-order chi connectivity index (χ1) is 15.4. The summed E-state index contributed by atoms with van der Waals surface area (Å²) in [7, 11) is 0. The molecule has 4 heteroatoms. The van der Waals surface area contributed by atoms with Crippen molar-refractivity contribution < 1.29 is 15.0 Å². The van der Waals surface area contributed by atoms with Gasteiger partial charge in [0.25, 0.3) is 0 Å². The van der Waals surface area contributed by atoms with Gasteiger partial charge in [0.15, 0.2) is 0 Å². The van der Waals surface area contributed by atoms with Crippen molar-refractivity contribution in [2.75, 3.05) is 18.1 Å². The van der Waals surface area contributed by atoms with Gasteiger partial charge in [-0.15, -0.1) is 0 Å². The van der Waals surface area contributed by atoms with Crippen LogP contribution in [0.3, 0.4) is 0 Å². The van der Waals surface area contributed by atoms with E-state index in [1.165, 1.54) is 11.1 Å². The lowest BCUT2D eigenvalue weighted by atomic mass is 9.75. The number of hydrogen-bond acceptors (Lipinski definition) is 3. The summed E-state index contributed by atoms with van der Waals surface area (Å²) in [6.45, 7) is 4.79. The number of carboxylic acid groups (broad SMARTS) is 1. The fourth-order valence-electron chi connectivity index (χ4n) is 4.59. The molecule has 2 atom stereocenters. The zero-order valence-corrected chi connectivity index (χ0v) is 20.6. The van der Waals surface area contributed by atoms with Crippen LogP contribution in [0, 0.1) is 0 Å². The highest BCUT2D eigenvalue weighted by Gasteiger charge is 2.27. The maximum Gasteiger partial charge on any atom is 0.303 e. The van der Waals surface area contributed by atoms with E-state index in [2.05, 4.69) is 56.3 Å². The summed E-state index contributed by atoms with van der Waals surface area (Å²) < 4.78 is 0. The molecule has 0 fully saturated rings. The minimum Gasteiger partial charge on any atom is -0.481 e. The van der Waals surface area contributed by atoms with Crippen molar-refractivity contribution in [1.29, 1.82) is 0 Å². The van der Waals surface area contributed by atoms with E-state index in [9.17, 15) is 15.0 Å². The van der Waals surface area contributed by atoms with E-state index in [1.807, 2.05) is 30.0 Å². The lowest BCUT2D eigenvalue weighted by molar-refractivity contribution is -0.137. The van der Waals surface area contributed by atoms with E-state index in [-0.39, 0.29) is 23.9 Å². The zero-order chi connectivity index (χ0) is 23.3. The Labute approximate surface area is 198 Å². The summed E-state index contributed by atoms with van der Waals surface area (Å²) in [4.78, 5) is 11.2. The van der Waals surface area contributed by atoms with Gasteiger partial charge in [0.1, 0.15) is 0 Å². The smallest absolute Gasteiger partial charge is 0.303 e. The Balaban J connectivity index is 1.79. The van der Waals surface area contributed by atoms with Crippen molar-refractivity contribution in [3.63, 3.8) is 0 Å². The van der Waals surface area contributed by atoms with Crippen LogP contribution >= 0.6 is 11.8 Å². The topological polar surface area (TPSA) is 57.5 Å². The summed E-state index contributed by atoms with van der Waals surface area (Å²) in [5, 5.41) is 18.5. The molecule has 2 aromatic rings. The summed E-state index contributed by atoms with van der Waals surface area (Å²) in [6, 6.07) is 21.1. The van der Waals surface area contributed by atoms with Gasteiger partial charge in [-0.3, -0.25) is 4.79 Å². The van der Waals surface area contributed by atoms with Crippen molar-refractivity contribution in [1.82, 2.24) is 0 Å². The molecule has 0 aliphatic heterocycles. The van der Waals surface area contributed by atoms with E-state index in [1.54, 1.807) is 0 Å². The van der Waals surface area contributed by atoms with E-state index in [0.29, 0.717) is 6.42 Å². The Morgan fingerprint density at radius 1 is 0.750 bits per heavy atom. The molecule has 0 saturated carbocycles. The van der Waals surface area contributed by atoms with Crippen molar-refractivity contribution in [2.24, 2.45) is 0 Å². The van der Waals surface area contributed by atoms with Crippen LogP contribution < -0.4 is 0 Å². The van der Waals surface area contributed by atoms with Gasteiger partial charge >= 0.3 is 5.97 Å². The summed E-state index contributed by atoms with van der Waals surface area (Å²) in [6.07, 6.45) is 7.14. The summed E-state index contributed by atoms with van der Waals surface area (Å²) in [5.74, 6) is 1.52. The normalized spacial score (nSPS) is 15.1. The van der Waals surface area contributed by atoms with Crippen molar-refractivity contribution >= 4 is 17.7 Å². The molecule has 0 heterocycles. The third kappa shape index (κ3) is 8.63. The third-order valence-corrected chi connectivity index (χ3v) is 7.91. The number of carbonyl (C=O) groups is 1. The van der Waals surface area contributed by atoms with E-state index < -0.39 is 5.97 Å². The molecule has 3 nitrogen and oxygen atoms in total. The fraction of sp³-hybridized carbons (Fsp3) is 0.536. The maximum absolute atomic E-state index is 11.2. The molecular weight excluding hydrogens is 416 g/mol. The number of benzene rings is 2. The molecule has 2 aromatic carbocycles. The molecule has 0 aliphatic carbocycles. The molecule has 0 spiro atoms. The molecule has 0 bridgehead atoms. The number of thioether (sulfide) groups is 1. The average molecular weight is 457 g/mol. The minimum atomic E-state index is -0.718. The van der Waals surface area contributed by atoms with Crippen LogP contribution in [-0.4, -0.2) is 34.3 Å². The Morgan fingerprint density at radius 2 is 1.19 bits per heavy atom. The van der Waals surface area contributed by atoms with Gasteiger partial charge in [-0.1, -0.05) is 74.5 Å². The van der Waals surface area contributed by atoms with Gasteiger partial charge < -0.3 is 10.2 Å². The average Bonchev–Trinajstić information content (AvgIpc) is 2.82. The maximum atomic E-state index is 11.2. The van der Waals surface area contributed by atoms with Crippen LogP contribution in [-0.2, 0) is 15.6 Å². The number of aliphatic hydroxyl groups is 1. The largest absolute Gasteiger partial charge is 0.481 e. The molecular formula is C28H40O3S. The van der Waals surface area contributed by atoms with Gasteiger partial charge in [-0.2, -0.15) is 11.8 Å². The Bertz CT molecular complexity index is 780. The second-order valence-corrected chi connectivity index (χ2v) is 10.6. The fourth-order valence-corrected chi connectivity index (χ4v) is 5.49. The zero-order valence-electron chi connectivity index (χ0n) is 19.8. The molecule has 32 heavy (non-hydrogen) atoms. The second-order valence-electron chi connectivity index (χ2n) is 9.39. The van der Waals surface area contributed by atoms with Crippen molar-refractivity contribution in [2.45, 2.75) is 76.0 Å². The molecule has 2 rings (SSSR count). The molecule has 176 valence electrons. The van der Waals surface area contributed by atoms with Crippen LogP contribution in [0.1, 0.15) is 76.3 Å².